The van der Waals surface area contributed by atoms with Gasteiger partial charge in [0, 0.05) is 45.0 Å². The predicted octanol–water partition coefficient (Wildman–Crippen LogP) is 1.14. The zero-order valence-electron chi connectivity index (χ0n) is 11.8. The molecule has 0 bridgehead atoms. The van der Waals surface area contributed by atoms with E-state index in [0.717, 1.165) is 26.1 Å². The van der Waals surface area contributed by atoms with Crippen molar-refractivity contribution in [2.45, 2.75) is 20.3 Å². The zero-order chi connectivity index (χ0) is 12.9. The van der Waals surface area contributed by atoms with Gasteiger partial charge in [-0.2, -0.15) is 5.10 Å². The van der Waals surface area contributed by atoms with Crippen LogP contribution in [0.1, 0.15) is 19.5 Å². The highest BCUT2D eigenvalue weighted by Crippen LogP contribution is 2.13. The SMILES string of the molecule is CN(C)CC(C)(C)CNCCc1ccnn1C. The standard InChI is InChI=1S/C13H26N4/c1-13(2,11-16(3)4)10-14-8-6-12-7-9-15-17(12)5/h7,9,14H,6,8,10-11H2,1-5H3. The van der Waals surface area contributed by atoms with Gasteiger partial charge in [-0.25, -0.2) is 0 Å². The Morgan fingerprint density at radius 1 is 1.41 bits per heavy atom. The Kier molecular flexibility index (Phi) is 5.15. The largest absolute Gasteiger partial charge is 0.316 e. The van der Waals surface area contributed by atoms with Gasteiger partial charge in [-0.05, 0) is 25.6 Å². The fourth-order valence-corrected chi connectivity index (χ4v) is 2.20. The Morgan fingerprint density at radius 3 is 2.65 bits per heavy atom. The molecule has 1 rings (SSSR count). The van der Waals surface area contributed by atoms with Crippen LogP contribution >= 0.6 is 0 Å². The number of aromatic nitrogens is 2. The van der Waals surface area contributed by atoms with Crippen molar-refractivity contribution in [3.8, 4) is 0 Å². The van der Waals surface area contributed by atoms with E-state index in [1.807, 2.05) is 17.9 Å². The lowest BCUT2D eigenvalue weighted by Crippen LogP contribution is -2.38. The van der Waals surface area contributed by atoms with Crippen LogP contribution in [0.15, 0.2) is 12.3 Å². The molecule has 0 fully saturated rings. The van der Waals surface area contributed by atoms with E-state index < -0.39 is 0 Å². The second-order valence-corrected chi connectivity index (χ2v) is 5.77. The lowest BCUT2D eigenvalue weighted by Gasteiger charge is -2.28. The van der Waals surface area contributed by atoms with Gasteiger partial charge in [0.25, 0.3) is 0 Å². The molecule has 98 valence electrons. The maximum Gasteiger partial charge on any atom is 0.0492 e. The lowest BCUT2D eigenvalue weighted by molar-refractivity contribution is 0.233. The minimum absolute atomic E-state index is 0.315. The molecule has 0 aliphatic rings. The van der Waals surface area contributed by atoms with Crippen molar-refractivity contribution in [2.24, 2.45) is 12.5 Å². The van der Waals surface area contributed by atoms with Gasteiger partial charge in [0.15, 0.2) is 0 Å². The number of rotatable bonds is 7. The van der Waals surface area contributed by atoms with Crippen molar-refractivity contribution in [1.29, 1.82) is 0 Å². The normalized spacial score (nSPS) is 12.4. The molecule has 0 aliphatic heterocycles. The van der Waals surface area contributed by atoms with Crippen molar-refractivity contribution in [3.05, 3.63) is 18.0 Å². The average Bonchev–Trinajstić information content (AvgIpc) is 2.57. The molecule has 1 N–H and O–H groups in total. The Hall–Kier alpha value is -0.870. The summed E-state index contributed by atoms with van der Waals surface area (Å²) in [5, 5.41) is 7.69. The summed E-state index contributed by atoms with van der Waals surface area (Å²) in [6.45, 7) is 7.75. The summed E-state index contributed by atoms with van der Waals surface area (Å²) in [5.74, 6) is 0. The second kappa shape index (κ2) is 6.17. The summed E-state index contributed by atoms with van der Waals surface area (Å²) in [4.78, 5) is 2.24. The number of hydrogen-bond donors (Lipinski definition) is 1. The van der Waals surface area contributed by atoms with Crippen molar-refractivity contribution >= 4 is 0 Å². The van der Waals surface area contributed by atoms with E-state index in [1.54, 1.807) is 0 Å². The Bertz CT molecular complexity index is 328. The van der Waals surface area contributed by atoms with E-state index in [9.17, 15) is 0 Å². The van der Waals surface area contributed by atoms with E-state index in [2.05, 4.69) is 49.3 Å². The molecule has 0 unspecified atom stereocenters. The first kappa shape index (κ1) is 14.2. The molecule has 1 aromatic heterocycles. The highest BCUT2D eigenvalue weighted by atomic mass is 15.3. The number of nitrogens with zero attached hydrogens (tertiary/aromatic N) is 3. The highest BCUT2D eigenvalue weighted by molar-refractivity contribution is 5.00. The molecule has 0 saturated heterocycles. The molecule has 0 saturated carbocycles. The minimum Gasteiger partial charge on any atom is -0.316 e. The molecule has 0 aliphatic carbocycles. The lowest BCUT2D eigenvalue weighted by atomic mass is 9.93. The molecule has 0 spiro atoms. The molecular formula is C13H26N4. The minimum atomic E-state index is 0.315. The van der Waals surface area contributed by atoms with Crippen molar-refractivity contribution in [3.63, 3.8) is 0 Å². The topological polar surface area (TPSA) is 33.1 Å². The molecule has 4 heteroatoms. The van der Waals surface area contributed by atoms with Gasteiger partial charge in [-0.3, -0.25) is 4.68 Å². The molecule has 0 atom stereocenters. The van der Waals surface area contributed by atoms with Gasteiger partial charge < -0.3 is 10.2 Å². The molecule has 0 radical (unpaired) electrons. The number of nitrogens with one attached hydrogen (secondary N) is 1. The van der Waals surface area contributed by atoms with E-state index >= 15 is 0 Å². The van der Waals surface area contributed by atoms with Gasteiger partial charge in [0.1, 0.15) is 0 Å². The maximum absolute atomic E-state index is 4.17. The third-order valence-electron chi connectivity index (χ3n) is 2.83. The molecule has 0 aromatic carbocycles. The predicted molar refractivity (Wildman–Crippen MR) is 72.1 cm³/mol. The zero-order valence-corrected chi connectivity index (χ0v) is 11.8. The van der Waals surface area contributed by atoms with Gasteiger partial charge in [0.2, 0.25) is 0 Å². The molecule has 1 heterocycles. The van der Waals surface area contributed by atoms with E-state index in [1.165, 1.54) is 5.69 Å². The quantitative estimate of drug-likeness (QED) is 0.723. The van der Waals surface area contributed by atoms with E-state index in [-0.39, 0.29) is 0 Å². The molecule has 1 aromatic rings. The first-order valence-electron chi connectivity index (χ1n) is 6.23. The first-order valence-corrected chi connectivity index (χ1v) is 6.23. The molecular weight excluding hydrogens is 212 g/mol. The van der Waals surface area contributed by atoms with Crippen LogP contribution in [0.5, 0.6) is 0 Å². The van der Waals surface area contributed by atoms with Crippen LogP contribution < -0.4 is 5.32 Å². The van der Waals surface area contributed by atoms with Gasteiger partial charge in [-0.1, -0.05) is 13.8 Å². The van der Waals surface area contributed by atoms with Crippen LogP contribution in [0.25, 0.3) is 0 Å². The number of aryl methyl sites for hydroxylation is 1. The summed E-state index contributed by atoms with van der Waals surface area (Å²) in [6, 6.07) is 2.08. The average molecular weight is 238 g/mol. The van der Waals surface area contributed by atoms with Crippen molar-refractivity contribution in [1.82, 2.24) is 20.0 Å². The van der Waals surface area contributed by atoms with Gasteiger partial charge >= 0.3 is 0 Å². The molecule has 0 amide bonds. The third kappa shape index (κ3) is 5.33. The summed E-state index contributed by atoms with van der Waals surface area (Å²) in [6.07, 6.45) is 2.89. The van der Waals surface area contributed by atoms with Crippen LogP contribution in [0.4, 0.5) is 0 Å². The van der Waals surface area contributed by atoms with Gasteiger partial charge in [0.05, 0.1) is 0 Å². The van der Waals surface area contributed by atoms with Crippen LogP contribution in [-0.4, -0.2) is 48.4 Å². The fraction of sp³-hybridized carbons (Fsp3) is 0.769. The Labute approximate surface area is 105 Å². The summed E-state index contributed by atoms with van der Waals surface area (Å²) in [5.41, 5.74) is 1.60. The molecule has 17 heavy (non-hydrogen) atoms. The van der Waals surface area contributed by atoms with E-state index in [4.69, 9.17) is 0 Å². The van der Waals surface area contributed by atoms with Crippen molar-refractivity contribution < 1.29 is 0 Å². The number of hydrogen-bond acceptors (Lipinski definition) is 3. The molecule has 4 nitrogen and oxygen atoms in total. The Balaban J connectivity index is 2.22. The second-order valence-electron chi connectivity index (χ2n) is 5.77. The summed E-state index contributed by atoms with van der Waals surface area (Å²) in [7, 11) is 6.24. The monoisotopic (exact) mass is 238 g/mol. The van der Waals surface area contributed by atoms with Crippen LogP contribution in [0, 0.1) is 5.41 Å². The Morgan fingerprint density at radius 2 is 2.12 bits per heavy atom. The van der Waals surface area contributed by atoms with Crippen LogP contribution in [-0.2, 0) is 13.5 Å². The van der Waals surface area contributed by atoms with E-state index in [0.29, 0.717) is 5.41 Å². The third-order valence-corrected chi connectivity index (χ3v) is 2.83. The van der Waals surface area contributed by atoms with Crippen LogP contribution in [0.3, 0.4) is 0 Å². The smallest absolute Gasteiger partial charge is 0.0492 e. The first-order chi connectivity index (χ1) is 7.91. The highest BCUT2D eigenvalue weighted by Gasteiger charge is 2.17. The maximum atomic E-state index is 4.17. The van der Waals surface area contributed by atoms with Crippen molar-refractivity contribution in [2.75, 3.05) is 33.7 Å². The van der Waals surface area contributed by atoms with Crippen LogP contribution in [0.2, 0.25) is 0 Å². The summed E-state index contributed by atoms with van der Waals surface area (Å²) >= 11 is 0. The van der Waals surface area contributed by atoms with Gasteiger partial charge in [-0.15, -0.1) is 0 Å². The summed E-state index contributed by atoms with van der Waals surface area (Å²) < 4.78 is 1.94. The fourth-order valence-electron chi connectivity index (χ4n) is 2.20.